The van der Waals surface area contributed by atoms with Gasteiger partial charge in [-0.2, -0.15) is 0 Å². The molecule has 0 spiro atoms. The number of nitrogens with one attached hydrogen (secondary N) is 1. The number of fused-ring (bicyclic) bond motifs is 3. The van der Waals surface area contributed by atoms with Gasteiger partial charge in [-0.05, 0) is 77.2 Å². The molecule has 2 aliphatic rings. The van der Waals surface area contributed by atoms with Crippen LogP contribution in [-0.4, -0.2) is 13.1 Å². The van der Waals surface area contributed by atoms with Crippen LogP contribution >= 0.6 is 0 Å². The molecular formula is C24H23N. The zero-order valence-corrected chi connectivity index (χ0v) is 14.5. The van der Waals surface area contributed by atoms with Crippen molar-refractivity contribution in [2.24, 2.45) is 0 Å². The lowest BCUT2D eigenvalue weighted by Gasteiger charge is -2.23. The highest BCUT2D eigenvalue weighted by atomic mass is 14.9. The molecule has 124 valence electrons. The molecular weight excluding hydrogens is 302 g/mol. The maximum Gasteiger partial charge on any atom is -0.00132 e. The third-order valence-corrected chi connectivity index (χ3v) is 5.85. The molecule has 0 atom stereocenters. The summed E-state index contributed by atoms with van der Waals surface area (Å²) in [5.74, 6) is 0.727. The largest absolute Gasteiger partial charge is 0.317 e. The fourth-order valence-corrected chi connectivity index (χ4v) is 4.43. The molecule has 1 saturated heterocycles. The van der Waals surface area contributed by atoms with Crippen molar-refractivity contribution in [2.45, 2.75) is 25.2 Å². The van der Waals surface area contributed by atoms with E-state index in [4.69, 9.17) is 0 Å². The van der Waals surface area contributed by atoms with Crippen molar-refractivity contribution in [1.82, 2.24) is 5.32 Å². The van der Waals surface area contributed by atoms with Gasteiger partial charge in [-0.25, -0.2) is 0 Å². The van der Waals surface area contributed by atoms with E-state index in [1.165, 1.54) is 51.8 Å². The van der Waals surface area contributed by atoms with Gasteiger partial charge in [0.25, 0.3) is 0 Å². The topological polar surface area (TPSA) is 12.0 Å². The Balaban J connectivity index is 1.43. The minimum Gasteiger partial charge on any atom is -0.317 e. The van der Waals surface area contributed by atoms with Gasteiger partial charge in [-0.3, -0.25) is 0 Å². The van der Waals surface area contributed by atoms with Gasteiger partial charge >= 0.3 is 0 Å². The van der Waals surface area contributed by atoms with Gasteiger partial charge in [0.15, 0.2) is 0 Å². The van der Waals surface area contributed by atoms with E-state index in [2.05, 4.69) is 72.0 Å². The van der Waals surface area contributed by atoms with Crippen LogP contribution < -0.4 is 5.32 Å². The van der Waals surface area contributed by atoms with Crippen molar-refractivity contribution in [2.75, 3.05) is 13.1 Å². The molecule has 3 aromatic rings. The molecule has 1 fully saturated rings. The highest BCUT2D eigenvalue weighted by Crippen LogP contribution is 2.38. The molecule has 0 unspecified atom stereocenters. The molecule has 1 N–H and O–H groups in total. The van der Waals surface area contributed by atoms with E-state index in [1.54, 1.807) is 0 Å². The lowest BCUT2D eigenvalue weighted by Crippen LogP contribution is -2.26. The summed E-state index contributed by atoms with van der Waals surface area (Å²) in [4.78, 5) is 0. The summed E-state index contributed by atoms with van der Waals surface area (Å²) in [5.41, 5.74) is 9.90. The Morgan fingerprint density at radius 2 is 1.40 bits per heavy atom. The van der Waals surface area contributed by atoms with Crippen molar-refractivity contribution in [3.63, 3.8) is 0 Å². The summed E-state index contributed by atoms with van der Waals surface area (Å²) < 4.78 is 0. The first kappa shape index (κ1) is 14.9. The molecule has 0 saturated carbocycles. The van der Waals surface area contributed by atoms with Crippen molar-refractivity contribution < 1.29 is 0 Å². The van der Waals surface area contributed by atoms with E-state index in [0.717, 1.165) is 25.4 Å². The Bertz CT molecular complexity index is 902. The molecule has 0 bridgehead atoms. The molecule has 1 aliphatic heterocycles. The van der Waals surface area contributed by atoms with Crippen LogP contribution in [0.25, 0.3) is 22.3 Å². The summed E-state index contributed by atoms with van der Waals surface area (Å²) in [7, 11) is 0. The average Bonchev–Trinajstić information content (AvgIpc) is 3.06. The van der Waals surface area contributed by atoms with Crippen LogP contribution in [0.5, 0.6) is 0 Å². The first-order valence-corrected chi connectivity index (χ1v) is 9.41. The molecule has 0 amide bonds. The Morgan fingerprint density at radius 3 is 2.24 bits per heavy atom. The molecule has 1 aliphatic carbocycles. The minimum absolute atomic E-state index is 0.727. The second-order valence-corrected chi connectivity index (χ2v) is 7.35. The zero-order chi connectivity index (χ0) is 16.6. The van der Waals surface area contributed by atoms with Gasteiger partial charge in [0.2, 0.25) is 0 Å². The smallest absolute Gasteiger partial charge is 0.00132 e. The van der Waals surface area contributed by atoms with Gasteiger partial charge in [0, 0.05) is 0 Å². The maximum atomic E-state index is 3.45. The summed E-state index contributed by atoms with van der Waals surface area (Å²) in [6, 6.07) is 25.0. The first-order chi connectivity index (χ1) is 12.4. The minimum atomic E-state index is 0.727. The normalized spacial score (nSPS) is 16.5. The molecule has 5 rings (SSSR count). The van der Waals surface area contributed by atoms with Crippen LogP contribution in [0, 0.1) is 0 Å². The van der Waals surface area contributed by atoms with Crippen LogP contribution in [0.4, 0.5) is 0 Å². The van der Waals surface area contributed by atoms with E-state index in [9.17, 15) is 0 Å². The van der Waals surface area contributed by atoms with Gasteiger partial charge < -0.3 is 5.32 Å². The zero-order valence-electron chi connectivity index (χ0n) is 14.5. The molecule has 25 heavy (non-hydrogen) atoms. The Hall–Kier alpha value is -2.38. The lowest BCUT2D eigenvalue weighted by atomic mass is 9.89. The van der Waals surface area contributed by atoms with E-state index in [-0.39, 0.29) is 0 Å². The van der Waals surface area contributed by atoms with Crippen molar-refractivity contribution in [3.8, 4) is 22.3 Å². The molecule has 3 aromatic carbocycles. The second-order valence-electron chi connectivity index (χ2n) is 7.35. The van der Waals surface area contributed by atoms with Gasteiger partial charge in [-0.1, -0.05) is 66.7 Å². The maximum absolute atomic E-state index is 3.45. The Morgan fingerprint density at radius 1 is 0.680 bits per heavy atom. The summed E-state index contributed by atoms with van der Waals surface area (Å²) in [6.07, 6.45) is 3.58. The number of hydrogen-bond donors (Lipinski definition) is 1. The highest BCUT2D eigenvalue weighted by Gasteiger charge is 2.18. The quantitative estimate of drug-likeness (QED) is 0.521. The number of rotatable bonds is 2. The lowest BCUT2D eigenvalue weighted by molar-refractivity contribution is 0.460. The fourth-order valence-electron chi connectivity index (χ4n) is 4.43. The predicted octanol–water partition coefficient (Wildman–Crippen LogP) is 5.39. The fraction of sp³-hybridized carbons (Fsp3) is 0.250. The van der Waals surface area contributed by atoms with Crippen LogP contribution in [0.1, 0.15) is 35.4 Å². The molecule has 1 nitrogen and oxygen atoms in total. The number of hydrogen-bond acceptors (Lipinski definition) is 1. The molecule has 0 aromatic heterocycles. The average molecular weight is 325 g/mol. The number of benzene rings is 3. The van der Waals surface area contributed by atoms with Crippen LogP contribution in [0.3, 0.4) is 0 Å². The monoisotopic (exact) mass is 325 g/mol. The molecule has 0 radical (unpaired) electrons. The van der Waals surface area contributed by atoms with Crippen LogP contribution in [0.2, 0.25) is 0 Å². The predicted molar refractivity (Wildman–Crippen MR) is 105 cm³/mol. The highest BCUT2D eigenvalue weighted by molar-refractivity contribution is 5.80. The van der Waals surface area contributed by atoms with E-state index in [1.807, 2.05) is 0 Å². The summed E-state index contributed by atoms with van der Waals surface area (Å²) in [6.45, 7) is 2.30. The standard InChI is InChI=1S/C24H23N/c1-2-4-23-21(3-1)16-22-15-20(9-10-24(22)23)18-7-5-17(6-8-18)19-11-13-25-14-12-19/h1-10,15,19,25H,11-14,16H2. The first-order valence-electron chi connectivity index (χ1n) is 9.41. The van der Waals surface area contributed by atoms with E-state index in [0.29, 0.717) is 0 Å². The summed E-state index contributed by atoms with van der Waals surface area (Å²) >= 11 is 0. The Kier molecular flexibility index (Phi) is 3.68. The number of piperidine rings is 1. The van der Waals surface area contributed by atoms with Crippen molar-refractivity contribution in [3.05, 3.63) is 83.4 Å². The van der Waals surface area contributed by atoms with Gasteiger partial charge in [0.1, 0.15) is 0 Å². The van der Waals surface area contributed by atoms with Crippen molar-refractivity contribution in [1.29, 1.82) is 0 Å². The Labute approximate surface area is 149 Å². The van der Waals surface area contributed by atoms with Crippen LogP contribution in [-0.2, 0) is 6.42 Å². The van der Waals surface area contributed by atoms with Crippen molar-refractivity contribution >= 4 is 0 Å². The van der Waals surface area contributed by atoms with E-state index < -0.39 is 0 Å². The molecule has 1 heteroatoms. The van der Waals surface area contributed by atoms with E-state index >= 15 is 0 Å². The second kappa shape index (κ2) is 6.16. The SMILES string of the molecule is c1ccc2c(c1)Cc1cc(-c3ccc(C4CCNCC4)cc3)ccc1-2. The molecule has 1 heterocycles. The third kappa shape index (κ3) is 2.69. The third-order valence-electron chi connectivity index (χ3n) is 5.85. The van der Waals surface area contributed by atoms with Gasteiger partial charge in [0.05, 0.1) is 0 Å². The van der Waals surface area contributed by atoms with Gasteiger partial charge in [-0.15, -0.1) is 0 Å². The van der Waals surface area contributed by atoms with Crippen LogP contribution in [0.15, 0.2) is 66.7 Å². The summed E-state index contributed by atoms with van der Waals surface area (Å²) in [5, 5.41) is 3.45.